The Balaban J connectivity index is 1.82. The first kappa shape index (κ1) is 19.8. The predicted molar refractivity (Wildman–Crippen MR) is 98.2 cm³/mol. The van der Waals surface area contributed by atoms with E-state index in [2.05, 4.69) is 9.72 Å². The summed E-state index contributed by atoms with van der Waals surface area (Å²) in [7, 11) is 0. The lowest BCUT2D eigenvalue weighted by molar-refractivity contribution is -0.0520. The Morgan fingerprint density at radius 1 is 1.19 bits per heavy atom. The maximum Gasteiger partial charge on any atom is 0.387 e. The van der Waals surface area contributed by atoms with Gasteiger partial charge in [-0.2, -0.15) is 8.78 Å². The smallest absolute Gasteiger partial charge is 0.387 e. The van der Waals surface area contributed by atoms with Crippen molar-refractivity contribution >= 4 is 29.0 Å². The molecule has 27 heavy (non-hydrogen) atoms. The number of aromatic nitrogens is 1. The summed E-state index contributed by atoms with van der Waals surface area (Å²) < 4.78 is 35.7. The zero-order valence-corrected chi connectivity index (χ0v) is 15.8. The molecule has 0 N–H and O–H groups in total. The molecule has 0 unspecified atom stereocenters. The lowest BCUT2D eigenvalue weighted by Crippen LogP contribution is -2.14. The number of Topliss-reactive ketones (excluding diaryl/α,β-unsaturated/α-hetero) is 1. The first-order valence-corrected chi connectivity index (χ1v) is 9.26. The fourth-order valence-electron chi connectivity index (χ4n) is 2.98. The van der Waals surface area contributed by atoms with Crippen molar-refractivity contribution in [3.63, 3.8) is 0 Å². The van der Waals surface area contributed by atoms with Crippen LogP contribution in [0.4, 0.5) is 8.78 Å². The van der Waals surface area contributed by atoms with Gasteiger partial charge in [0.15, 0.2) is 17.3 Å². The monoisotopic (exact) mass is 415 g/mol. The van der Waals surface area contributed by atoms with Crippen molar-refractivity contribution in [2.45, 2.75) is 44.8 Å². The minimum atomic E-state index is -2.98. The molecule has 144 valence electrons. The van der Waals surface area contributed by atoms with Crippen molar-refractivity contribution in [1.82, 2.24) is 4.98 Å². The van der Waals surface area contributed by atoms with Crippen molar-refractivity contribution in [2.75, 3.05) is 0 Å². The van der Waals surface area contributed by atoms with Gasteiger partial charge in [0.1, 0.15) is 0 Å². The Morgan fingerprint density at radius 3 is 2.59 bits per heavy atom. The van der Waals surface area contributed by atoms with Crippen LogP contribution in [-0.2, 0) is 6.42 Å². The molecule has 0 amide bonds. The van der Waals surface area contributed by atoms with Gasteiger partial charge in [-0.3, -0.25) is 9.78 Å². The summed E-state index contributed by atoms with van der Waals surface area (Å²) >= 11 is 11.9. The van der Waals surface area contributed by atoms with Crippen LogP contribution in [0, 0.1) is 0 Å². The molecule has 1 aliphatic carbocycles. The van der Waals surface area contributed by atoms with Crippen molar-refractivity contribution in [1.29, 1.82) is 0 Å². The molecule has 0 bridgehead atoms. The number of ether oxygens (including phenoxy) is 2. The van der Waals surface area contributed by atoms with E-state index in [1.54, 1.807) is 0 Å². The van der Waals surface area contributed by atoms with Crippen LogP contribution in [0.3, 0.4) is 0 Å². The van der Waals surface area contributed by atoms with E-state index in [-0.39, 0.29) is 34.8 Å². The molecule has 1 aliphatic rings. The highest BCUT2D eigenvalue weighted by atomic mass is 35.5. The summed E-state index contributed by atoms with van der Waals surface area (Å²) in [5, 5.41) is 0.660. The number of pyridine rings is 1. The number of ketones is 1. The van der Waals surface area contributed by atoms with Crippen molar-refractivity contribution < 1.29 is 23.0 Å². The summed E-state index contributed by atoms with van der Waals surface area (Å²) in [6, 6.07) is 5.68. The molecule has 1 saturated carbocycles. The standard InChI is InChI=1S/C19H17Cl2F2NO3/c20-12-8-14(21)15(24-10-12)9-16(25)11-5-6-17(27-19(22)23)18(7-11)26-13-3-1-2-4-13/h5-8,10,13,19H,1-4,9H2. The van der Waals surface area contributed by atoms with Gasteiger partial charge < -0.3 is 9.47 Å². The third kappa shape index (κ3) is 5.30. The van der Waals surface area contributed by atoms with E-state index in [1.165, 1.54) is 30.5 Å². The third-order valence-corrected chi connectivity index (χ3v) is 4.82. The van der Waals surface area contributed by atoms with E-state index in [4.69, 9.17) is 27.9 Å². The number of carbonyl (C=O) groups excluding carboxylic acids is 1. The zero-order valence-electron chi connectivity index (χ0n) is 14.3. The summed E-state index contributed by atoms with van der Waals surface area (Å²) in [6.07, 6.45) is 5.03. The normalized spacial score (nSPS) is 14.6. The van der Waals surface area contributed by atoms with Crippen LogP contribution < -0.4 is 9.47 Å². The van der Waals surface area contributed by atoms with Gasteiger partial charge in [-0.05, 0) is 49.9 Å². The van der Waals surface area contributed by atoms with E-state index in [0.717, 1.165) is 25.7 Å². The molecule has 2 aromatic rings. The third-order valence-electron chi connectivity index (χ3n) is 4.29. The molecule has 0 aliphatic heterocycles. The number of alkyl halides is 2. The molecule has 1 aromatic heterocycles. The second kappa shape index (κ2) is 8.85. The van der Waals surface area contributed by atoms with E-state index >= 15 is 0 Å². The van der Waals surface area contributed by atoms with Gasteiger partial charge >= 0.3 is 6.61 Å². The topological polar surface area (TPSA) is 48.4 Å². The number of nitrogens with zero attached hydrogens (tertiary/aromatic N) is 1. The van der Waals surface area contributed by atoms with Gasteiger partial charge in [0, 0.05) is 11.8 Å². The molecule has 1 heterocycles. The molecule has 3 rings (SSSR count). The number of carbonyl (C=O) groups is 1. The van der Waals surface area contributed by atoms with Gasteiger partial charge in [-0.15, -0.1) is 0 Å². The summed E-state index contributed by atoms with van der Waals surface area (Å²) in [4.78, 5) is 16.7. The zero-order chi connectivity index (χ0) is 19.4. The van der Waals surface area contributed by atoms with E-state index in [0.29, 0.717) is 16.3 Å². The fraction of sp³-hybridized carbons (Fsp3) is 0.368. The van der Waals surface area contributed by atoms with E-state index in [1.807, 2.05) is 0 Å². The number of hydrogen-bond acceptors (Lipinski definition) is 4. The molecular formula is C19H17Cl2F2NO3. The maximum absolute atomic E-state index is 12.7. The molecule has 0 saturated heterocycles. The Kier molecular flexibility index (Phi) is 6.50. The fourth-order valence-corrected chi connectivity index (χ4v) is 3.43. The molecule has 0 spiro atoms. The first-order valence-electron chi connectivity index (χ1n) is 8.51. The van der Waals surface area contributed by atoms with Crippen molar-refractivity contribution in [3.8, 4) is 11.5 Å². The van der Waals surface area contributed by atoms with Gasteiger partial charge in [-0.25, -0.2) is 0 Å². The number of rotatable bonds is 7. The Labute approximate surface area is 165 Å². The maximum atomic E-state index is 12.7. The minimum Gasteiger partial charge on any atom is -0.487 e. The Morgan fingerprint density at radius 2 is 1.93 bits per heavy atom. The van der Waals surface area contributed by atoms with Crippen LogP contribution in [-0.4, -0.2) is 23.5 Å². The van der Waals surface area contributed by atoms with Gasteiger partial charge in [-0.1, -0.05) is 23.2 Å². The Hall–Kier alpha value is -1.92. The second-order valence-electron chi connectivity index (χ2n) is 6.25. The number of benzene rings is 1. The molecule has 1 fully saturated rings. The highest BCUT2D eigenvalue weighted by Gasteiger charge is 2.21. The predicted octanol–water partition coefficient (Wildman–Crippen LogP) is 5.74. The van der Waals surface area contributed by atoms with Crippen LogP contribution in [0.2, 0.25) is 10.0 Å². The Bertz CT molecular complexity index is 827. The minimum absolute atomic E-state index is 0.0477. The van der Waals surface area contributed by atoms with Crippen LogP contribution >= 0.6 is 23.2 Å². The lowest BCUT2D eigenvalue weighted by Gasteiger charge is -2.17. The molecule has 8 heteroatoms. The molecule has 1 aromatic carbocycles. The summed E-state index contributed by atoms with van der Waals surface area (Å²) in [5.41, 5.74) is 0.690. The molecule has 4 nitrogen and oxygen atoms in total. The highest BCUT2D eigenvalue weighted by molar-refractivity contribution is 6.34. The van der Waals surface area contributed by atoms with Crippen LogP contribution in [0.1, 0.15) is 41.7 Å². The number of halogens is 4. The van der Waals surface area contributed by atoms with Crippen molar-refractivity contribution in [2.24, 2.45) is 0 Å². The second-order valence-corrected chi connectivity index (χ2v) is 7.09. The number of hydrogen-bond donors (Lipinski definition) is 0. The van der Waals surface area contributed by atoms with Crippen LogP contribution in [0.15, 0.2) is 30.5 Å². The van der Waals surface area contributed by atoms with Gasteiger partial charge in [0.2, 0.25) is 0 Å². The van der Waals surface area contributed by atoms with E-state index in [9.17, 15) is 13.6 Å². The average molecular weight is 416 g/mol. The molecule has 0 radical (unpaired) electrons. The first-order chi connectivity index (χ1) is 12.9. The van der Waals surface area contributed by atoms with Gasteiger partial charge in [0.05, 0.1) is 28.3 Å². The van der Waals surface area contributed by atoms with Gasteiger partial charge in [0.25, 0.3) is 0 Å². The molecular weight excluding hydrogens is 399 g/mol. The van der Waals surface area contributed by atoms with E-state index < -0.39 is 6.61 Å². The quantitative estimate of drug-likeness (QED) is 0.541. The highest BCUT2D eigenvalue weighted by Crippen LogP contribution is 2.34. The van der Waals surface area contributed by atoms with Crippen molar-refractivity contribution in [3.05, 3.63) is 51.8 Å². The van der Waals surface area contributed by atoms with Crippen LogP contribution in [0.5, 0.6) is 11.5 Å². The molecule has 0 atom stereocenters. The largest absolute Gasteiger partial charge is 0.487 e. The summed E-state index contributed by atoms with van der Waals surface area (Å²) in [5.74, 6) is -0.217. The SMILES string of the molecule is O=C(Cc1ncc(Cl)cc1Cl)c1ccc(OC(F)F)c(OC2CCCC2)c1. The summed E-state index contributed by atoms with van der Waals surface area (Å²) in [6.45, 7) is -2.98. The average Bonchev–Trinajstić information content (AvgIpc) is 3.11. The lowest BCUT2D eigenvalue weighted by atomic mass is 10.1. The van der Waals surface area contributed by atoms with Crippen LogP contribution in [0.25, 0.3) is 0 Å².